The maximum absolute atomic E-state index is 12.1. The molecule has 0 heterocycles. The highest BCUT2D eigenvalue weighted by molar-refractivity contribution is 6.11. The lowest BCUT2D eigenvalue weighted by Crippen LogP contribution is -2.13. The minimum absolute atomic E-state index is 0.128. The van der Waals surface area contributed by atoms with E-state index < -0.39 is 0 Å². The average Bonchev–Trinajstić information content (AvgIpc) is 2.47. The molecule has 1 aliphatic carbocycles. The smallest absolute Gasteiger partial charge is 0.184 e. The Morgan fingerprint density at radius 3 is 2.27 bits per heavy atom. The van der Waals surface area contributed by atoms with Crippen LogP contribution in [0.2, 0.25) is 0 Å². The van der Waals surface area contributed by atoms with Gasteiger partial charge in [-0.15, -0.1) is 0 Å². The monoisotopic (exact) mass is 206 g/mol. The Morgan fingerprint density at radius 1 is 1.33 bits per heavy atom. The van der Waals surface area contributed by atoms with Crippen LogP contribution in [0.1, 0.15) is 53.9 Å². The third-order valence-corrected chi connectivity index (χ3v) is 3.18. The highest BCUT2D eigenvalue weighted by Crippen LogP contribution is 2.37. The minimum Gasteiger partial charge on any atom is -0.289 e. The second kappa shape index (κ2) is 4.34. The van der Waals surface area contributed by atoms with Gasteiger partial charge >= 0.3 is 0 Å². The van der Waals surface area contributed by atoms with Gasteiger partial charge in [0.25, 0.3) is 0 Å². The first kappa shape index (κ1) is 12.2. The van der Waals surface area contributed by atoms with Crippen molar-refractivity contribution in [2.75, 3.05) is 0 Å². The highest BCUT2D eigenvalue weighted by Gasteiger charge is 2.29. The summed E-state index contributed by atoms with van der Waals surface area (Å²) in [5.41, 5.74) is 3.55. The van der Waals surface area contributed by atoms with Crippen LogP contribution in [0.25, 0.3) is 0 Å². The van der Waals surface area contributed by atoms with Crippen LogP contribution in [0.5, 0.6) is 0 Å². The zero-order chi connectivity index (χ0) is 11.6. The molecule has 0 bridgehead atoms. The SMILES string of the molecule is CC=C1CC/C(=C(\CC)C(C)(C)C)C1=O. The van der Waals surface area contributed by atoms with E-state index in [-0.39, 0.29) is 5.41 Å². The summed E-state index contributed by atoms with van der Waals surface area (Å²) in [4.78, 5) is 12.1. The quantitative estimate of drug-likeness (QED) is 0.591. The number of carbonyl (C=O) groups is 1. The Balaban J connectivity index is 3.16. The van der Waals surface area contributed by atoms with Crippen molar-refractivity contribution < 1.29 is 4.79 Å². The van der Waals surface area contributed by atoms with E-state index in [1.807, 2.05) is 13.0 Å². The van der Waals surface area contributed by atoms with Crippen LogP contribution in [-0.4, -0.2) is 5.78 Å². The molecule has 1 rings (SSSR count). The topological polar surface area (TPSA) is 17.1 Å². The molecule has 1 heteroatoms. The van der Waals surface area contributed by atoms with Crippen LogP contribution < -0.4 is 0 Å². The molecule has 0 N–H and O–H groups in total. The molecule has 1 aliphatic rings. The van der Waals surface area contributed by atoms with E-state index in [0.717, 1.165) is 30.4 Å². The first-order valence-corrected chi connectivity index (χ1v) is 5.84. The molecule has 15 heavy (non-hydrogen) atoms. The van der Waals surface area contributed by atoms with Gasteiger partial charge in [-0.25, -0.2) is 0 Å². The van der Waals surface area contributed by atoms with Crippen molar-refractivity contribution in [3.8, 4) is 0 Å². The van der Waals surface area contributed by atoms with Gasteiger partial charge in [0.05, 0.1) is 0 Å². The van der Waals surface area contributed by atoms with Crippen LogP contribution >= 0.6 is 0 Å². The number of hydrogen-bond donors (Lipinski definition) is 0. The van der Waals surface area contributed by atoms with Crippen molar-refractivity contribution in [2.24, 2.45) is 5.41 Å². The van der Waals surface area contributed by atoms with E-state index >= 15 is 0 Å². The summed E-state index contributed by atoms with van der Waals surface area (Å²) >= 11 is 0. The predicted molar refractivity (Wildman–Crippen MR) is 64.8 cm³/mol. The number of hydrogen-bond acceptors (Lipinski definition) is 1. The molecule has 0 atom stereocenters. The van der Waals surface area contributed by atoms with E-state index in [9.17, 15) is 4.79 Å². The van der Waals surface area contributed by atoms with Gasteiger partial charge in [-0.2, -0.15) is 0 Å². The molecular formula is C14H22O. The fourth-order valence-corrected chi connectivity index (χ4v) is 2.44. The third kappa shape index (κ3) is 2.39. The number of carbonyl (C=O) groups excluding carboxylic acids is 1. The zero-order valence-corrected chi connectivity index (χ0v) is 10.6. The van der Waals surface area contributed by atoms with Crippen LogP contribution in [0, 0.1) is 5.41 Å². The average molecular weight is 206 g/mol. The van der Waals surface area contributed by atoms with Gasteiger partial charge in [0.1, 0.15) is 0 Å². The van der Waals surface area contributed by atoms with Crippen molar-refractivity contribution in [3.63, 3.8) is 0 Å². The van der Waals surface area contributed by atoms with Crippen LogP contribution in [0.4, 0.5) is 0 Å². The van der Waals surface area contributed by atoms with Crippen LogP contribution in [0.15, 0.2) is 22.8 Å². The highest BCUT2D eigenvalue weighted by atomic mass is 16.1. The number of rotatable bonds is 1. The van der Waals surface area contributed by atoms with E-state index in [1.165, 1.54) is 5.57 Å². The van der Waals surface area contributed by atoms with E-state index in [0.29, 0.717) is 5.78 Å². The molecule has 0 amide bonds. The molecule has 0 aromatic rings. The van der Waals surface area contributed by atoms with Crippen molar-refractivity contribution in [1.82, 2.24) is 0 Å². The standard InChI is InChI=1S/C14H22O/c1-6-10-8-9-11(13(10)15)12(7-2)14(3,4)5/h6H,7-9H2,1-5H3/b10-6?,12-11-. The Hall–Kier alpha value is -0.850. The molecule has 0 saturated heterocycles. The summed E-state index contributed by atoms with van der Waals surface area (Å²) in [5, 5.41) is 0. The second-order valence-electron chi connectivity index (χ2n) is 5.20. The predicted octanol–water partition coefficient (Wildman–Crippen LogP) is 4.05. The summed E-state index contributed by atoms with van der Waals surface area (Å²) < 4.78 is 0. The van der Waals surface area contributed by atoms with Gasteiger partial charge in [0.15, 0.2) is 5.78 Å². The molecule has 0 unspecified atom stereocenters. The van der Waals surface area contributed by atoms with Crippen molar-refractivity contribution in [3.05, 3.63) is 22.8 Å². The fraction of sp³-hybridized carbons (Fsp3) is 0.643. The molecule has 1 nitrogen and oxygen atoms in total. The lowest BCUT2D eigenvalue weighted by molar-refractivity contribution is -0.111. The molecule has 1 saturated carbocycles. The normalized spacial score (nSPS) is 23.8. The molecule has 0 spiro atoms. The van der Waals surface area contributed by atoms with Gasteiger partial charge in [-0.05, 0) is 42.7 Å². The Morgan fingerprint density at radius 2 is 1.93 bits per heavy atom. The van der Waals surface area contributed by atoms with Crippen molar-refractivity contribution >= 4 is 5.78 Å². The van der Waals surface area contributed by atoms with E-state index in [2.05, 4.69) is 27.7 Å². The summed E-state index contributed by atoms with van der Waals surface area (Å²) in [6.45, 7) is 10.7. The summed E-state index contributed by atoms with van der Waals surface area (Å²) in [7, 11) is 0. The summed E-state index contributed by atoms with van der Waals surface area (Å²) in [6.07, 6.45) is 4.83. The maximum Gasteiger partial charge on any atom is 0.184 e. The zero-order valence-electron chi connectivity index (χ0n) is 10.6. The molecule has 84 valence electrons. The van der Waals surface area contributed by atoms with Gasteiger partial charge in [0.2, 0.25) is 0 Å². The second-order valence-corrected chi connectivity index (χ2v) is 5.20. The molecule has 0 aromatic carbocycles. The lowest BCUT2D eigenvalue weighted by Gasteiger charge is -2.24. The Kier molecular flexibility index (Phi) is 3.54. The maximum atomic E-state index is 12.1. The van der Waals surface area contributed by atoms with Gasteiger partial charge in [-0.3, -0.25) is 4.79 Å². The molecule has 0 aliphatic heterocycles. The van der Waals surface area contributed by atoms with Crippen LogP contribution in [-0.2, 0) is 4.79 Å². The van der Waals surface area contributed by atoms with Gasteiger partial charge in [-0.1, -0.05) is 39.3 Å². The molecule has 0 radical (unpaired) electrons. The van der Waals surface area contributed by atoms with Crippen LogP contribution in [0.3, 0.4) is 0 Å². The first-order valence-electron chi connectivity index (χ1n) is 5.84. The van der Waals surface area contributed by atoms with E-state index in [4.69, 9.17) is 0 Å². The third-order valence-electron chi connectivity index (χ3n) is 3.18. The Labute approximate surface area is 93.3 Å². The largest absolute Gasteiger partial charge is 0.289 e. The first-order chi connectivity index (χ1) is 6.91. The summed E-state index contributed by atoms with van der Waals surface area (Å²) in [6, 6.07) is 0. The number of ketones is 1. The minimum atomic E-state index is 0.128. The fourth-order valence-electron chi connectivity index (χ4n) is 2.44. The number of allylic oxidation sites excluding steroid dienone is 4. The molecular weight excluding hydrogens is 184 g/mol. The van der Waals surface area contributed by atoms with Gasteiger partial charge < -0.3 is 0 Å². The van der Waals surface area contributed by atoms with Crippen molar-refractivity contribution in [2.45, 2.75) is 53.9 Å². The van der Waals surface area contributed by atoms with Gasteiger partial charge in [0, 0.05) is 0 Å². The van der Waals surface area contributed by atoms with Crippen molar-refractivity contribution in [1.29, 1.82) is 0 Å². The lowest BCUT2D eigenvalue weighted by atomic mass is 9.81. The molecule has 0 aromatic heterocycles. The molecule has 1 fully saturated rings. The number of Topliss-reactive ketones (excluding diaryl/α,β-unsaturated/α-hetero) is 1. The summed E-state index contributed by atoms with van der Waals surface area (Å²) in [5.74, 6) is 0.296. The van der Waals surface area contributed by atoms with E-state index in [1.54, 1.807) is 0 Å². The Bertz CT molecular complexity index is 324.